The fourth-order valence-corrected chi connectivity index (χ4v) is 5.06. The van der Waals surface area contributed by atoms with Gasteiger partial charge in [-0.1, -0.05) is 54.1 Å². The van der Waals surface area contributed by atoms with Crippen LogP contribution in [-0.4, -0.2) is 18.4 Å². The second kappa shape index (κ2) is 8.59. The molecule has 0 spiro atoms. The lowest BCUT2D eigenvalue weighted by molar-refractivity contribution is 0.601. The smallest absolute Gasteiger partial charge is 0.263 e. The van der Waals surface area contributed by atoms with Crippen molar-refractivity contribution in [3.63, 3.8) is 0 Å². The molecule has 34 heavy (non-hydrogen) atoms. The van der Waals surface area contributed by atoms with E-state index in [2.05, 4.69) is 15.0 Å². The van der Waals surface area contributed by atoms with E-state index in [-0.39, 0.29) is 10.7 Å². The van der Waals surface area contributed by atoms with Gasteiger partial charge in [-0.05, 0) is 66.8 Å². The molecule has 0 bridgehead atoms. The van der Waals surface area contributed by atoms with Crippen molar-refractivity contribution in [3.05, 3.63) is 95.0 Å². The number of hydrogen-bond donors (Lipinski definition) is 2. The first-order chi connectivity index (χ1) is 16.3. The van der Waals surface area contributed by atoms with E-state index in [1.54, 1.807) is 12.1 Å². The van der Waals surface area contributed by atoms with E-state index in [9.17, 15) is 8.42 Å². The van der Waals surface area contributed by atoms with Crippen LogP contribution in [-0.2, 0) is 10.0 Å². The summed E-state index contributed by atoms with van der Waals surface area (Å²) in [6.07, 6.45) is 0. The van der Waals surface area contributed by atoms with E-state index in [0.717, 1.165) is 27.6 Å². The Morgan fingerprint density at radius 3 is 2.15 bits per heavy atom. The molecule has 0 fully saturated rings. The molecule has 0 unspecified atom stereocenters. The lowest BCUT2D eigenvalue weighted by Crippen LogP contribution is -2.16. The van der Waals surface area contributed by atoms with E-state index in [1.165, 1.54) is 12.1 Å². The Morgan fingerprint density at radius 2 is 1.41 bits per heavy atom. The van der Waals surface area contributed by atoms with Crippen LogP contribution in [0.1, 0.15) is 11.1 Å². The van der Waals surface area contributed by atoms with Crippen molar-refractivity contribution < 1.29 is 8.42 Å². The molecule has 5 rings (SSSR count). The zero-order valence-corrected chi connectivity index (χ0v) is 20.1. The van der Waals surface area contributed by atoms with Gasteiger partial charge in [-0.25, -0.2) is 18.4 Å². The third kappa shape index (κ3) is 4.27. The quantitative estimate of drug-likeness (QED) is 0.291. The lowest BCUT2D eigenvalue weighted by atomic mass is 10.1. The van der Waals surface area contributed by atoms with Crippen LogP contribution in [0.5, 0.6) is 0 Å². The predicted molar refractivity (Wildman–Crippen MR) is 139 cm³/mol. The average molecular weight is 489 g/mol. The van der Waals surface area contributed by atoms with Crippen molar-refractivity contribution in [2.45, 2.75) is 18.7 Å². The number of hydrogen-bond acceptors (Lipinski definition) is 5. The van der Waals surface area contributed by atoms with Crippen LogP contribution in [0.3, 0.4) is 0 Å². The van der Waals surface area contributed by atoms with E-state index < -0.39 is 10.0 Å². The molecule has 0 atom stereocenters. The minimum absolute atomic E-state index is 0.0399. The zero-order valence-electron chi connectivity index (χ0n) is 18.5. The lowest BCUT2D eigenvalue weighted by Gasteiger charge is -2.16. The summed E-state index contributed by atoms with van der Waals surface area (Å²) in [4.78, 5) is 9.43. The number of aryl methyl sites for hydroxylation is 2. The molecule has 170 valence electrons. The second-order valence-electron chi connectivity index (χ2n) is 8.06. The summed E-state index contributed by atoms with van der Waals surface area (Å²) in [6.45, 7) is 3.98. The normalized spacial score (nSPS) is 11.6. The largest absolute Gasteiger partial charge is 0.337 e. The standard InChI is InChI=1S/C26H21ClN4O2S/c1-16-13-23-24(14-17(16)2)30-26(31-34(32,33)20-10-6-9-19(27)15-20)25(29-23)28-22-12-5-8-18-7-3-4-11-21(18)22/h3-15H,1-2H3,(H,28,29)(H,30,31). The Hall–Kier alpha value is -3.68. The third-order valence-corrected chi connectivity index (χ3v) is 7.23. The Morgan fingerprint density at radius 1 is 0.765 bits per heavy atom. The molecule has 1 heterocycles. The maximum absolute atomic E-state index is 13.2. The fourth-order valence-electron chi connectivity index (χ4n) is 3.75. The van der Waals surface area contributed by atoms with Gasteiger partial charge in [0.05, 0.1) is 15.9 Å². The molecule has 0 aliphatic rings. The molecule has 0 saturated heterocycles. The maximum Gasteiger partial charge on any atom is 0.263 e. The van der Waals surface area contributed by atoms with Crippen LogP contribution >= 0.6 is 11.6 Å². The summed E-state index contributed by atoms with van der Waals surface area (Å²) in [6, 6.07) is 23.7. The van der Waals surface area contributed by atoms with Crippen molar-refractivity contribution in [1.82, 2.24) is 9.97 Å². The van der Waals surface area contributed by atoms with Crippen LogP contribution in [0.25, 0.3) is 21.8 Å². The molecule has 0 saturated carbocycles. The number of nitrogens with one attached hydrogen (secondary N) is 2. The monoisotopic (exact) mass is 488 g/mol. The van der Waals surface area contributed by atoms with Crippen molar-refractivity contribution in [3.8, 4) is 0 Å². The molecular weight excluding hydrogens is 468 g/mol. The summed E-state index contributed by atoms with van der Waals surface area (Å²) in [7, 11) is -3.96. The molecule has 5 aromatic rings. The molecule has 8 heteroatoms. The molecule has 4 aromatic carbocycles. The van der Waals surface area contributed by atoms with E-state index in [4.69, 9.17) is 16.6 Å². The number of benzene rings is 4. The number of sulfonamides is 1. The Balaban J connectivity index is 1.66. The first kappa shape index (κ1) is 22.1. The SMILES string of the molecule is Cc1cc2nc(Nc3cccc4ccccc34)c(NS(=O)(=O)c3cccc(Cl)c3)nc2cc1C. The molecule has 6 nitrogen and oxygen atoms in total. The molecule has 1 aromatic heterocycles. The van der Waals surface area contributed by atoms with Gasteiger partial charge in [0.25, 0.3) is 10.0 Å². The number of nitrogens with zero attached hydrogens (tertiary/aromatic N) is 2. The van der Waals surface area contributed by atoms with Crippen LogP contribution in [0, 0.1) is 13.8 Å². The van der Waals surface area contributed by atoms with Crippen LogP contribution in [0.4, 0.5) is 17.3 Å². The van der Waals surface area contributed by atoms with Crippen molar-refractivity contribution in [2.24, 2.45) is 0 Å². The van der Waals surface area contributed by atoms with Crippen molar-refractivity contribution >= 4 is 60.8 Å². The highest BCUT2D eigenvalue weighted by molar-refractivity contribution is 7.92. The highest BCUT2D eigenvalue weighted by atomic mass is 35.5. The van der Waals surface area contributed by atoms with Gasteiger partial charge in [0, 0.05) is 16.1 Å². The highest BCUT2D eigenvalue weighted by Crippen LogP contribution is 2.31. The average Bonchev–Trinajstić information content (AvgIpc) is 2.81. The van der Waals surface area contributed by atoms with E-state index in [1.807, 2.05) is 68.4 Å². The van der Waals surface area contributed by atoms with Crippen molar-refractivity contribution in [2.75, 3.05) is 10.0 Å². The minimum atomic E-state index is -3.96. The number of rotatable bonds is 5. The summed E-state index contributed by atoms with van der Waals surface area (Å²) >= 11 is 6.03. The fraction of sp³-hybridized carbons (Fsp3) is 0.0769. The molecular formula is C26H21ClN4O2S. The van der Waals surface area contributed by atoms with Crippen LogP contribution < -0.4 is 10.0 Å². The summed E-state index contributed by atoms with van der Waals surface area (Å²) in [5, 5.41) is 5.66. The number of anilines is 3. The molecule has 0 aliphatic heterocycles. The Kier molecular flexibility index (Phi) is 5.59. The van der Waals surface area contributed by atoms with E-state index in [0.29, 0.717) is 21.9 Å². The van der Waals surface area contributed by atoms with Gasteiger partial charge < -0.3 is 5.32 Å². The number of aromatic nitrogens is 2. The summed E-state index contributed by atoms with van der Waals surface area (Å²) in [5.74, 6) is 0.404. The summed E-state index contributed by atoms with van der Waals surface area (Å²) in [5.41, 5.74) is 4.16. The molecule has 0 radical (unpaired) electrons. The molecule has 0 amide bonds. The van der Waals surface area contributed by atoms with Gasteiger partial charge in [0.2, 0.25) is 0 Å². The minimum Gasteiger partial charge on any atom is -0.337 e. The first-order valence-electron chi connectivity index (χ1n) is 10.6. The zero-order chi connectivity index (χ0) is 23.9. The third-order valence-electron chi connectivity index (χ3n) is 5.66. The Bertz CT molecular complexity index is 1660. The van der Waals surface area contributed by atoms with E-state index >= 15 is 0 Å². The highest BCUT2D eigenvalue weighted by Gasteiger charge is 2.20. The Labute approximate surface area is 202 Å². The van der Waals surface area contributed by atoms with Gasteiger partial charge >= 0.3 is 0 Å². The predicted octanol–water partition coefficient (Wildman–Crippen LogP) is 6.60. The van der Waals surface area contributed by atoms with Gasteiger partial charge in [-0.2, -0.15) is 0 Å². The van der Waals surface area contributed by atoms with Crippen LogP contribution in [0.2, 0.25) is 5.02 Å². The van der Waals surface area contributed by atoms with Crippen molar-refractivity contribution in [1.29, 1.82) is 0 Å². The second-order valence-corrected chi connectivity index (χ2v) is 10.2. The first-order valence-corrected chi connectivity index (χ1v) is 12.5. The number of fused-ring (bicyclic) bond motifs is 2. The maximum atomic E-state index is 13.2. The van der Waals surface area contributed by atoms with Gasteiger partial charge in [0.1, 0.15) is 0 Å². The topological polar surface area (TPSA) is 84.0 Å². The summed E-state index contributed by atoms with van der Waals surface area (Å²) < 4.78 is 28.9. The van der Waals surface area contributed by atoms with Gasteiger partial charge in [0.15, 0.2) is 11.6 Å². The van der Waals surface area contributed by atoms with Crippen LogP contribution in [0.15, 0.2) is 83.8 Å². The van der Waals surface area contributed by atoms with Gasteiger partial charge in [-0.15, -0.1) is 0 Å². The van der Waals surface area contributed by atoms with Gasteiger partial charge in [-0.3, -0.25) is 4.72 Å². The molecule has 2 N–H and O–H groups in total. The molecule has 0 aliphatic carbocycles. The number of halogens is 1.